The fourth-order valence-electron chi connectivity index (χ4n) is 7.68. The molecule has 0 bridgehead atoms. The first-order valence-corrected chi connectivity index (χ1v) is 15.1. The summed E-state index contributed by atoms with van der Waals surface area (Å²) in [6.45, 7) is 4.65. The maximum atomic E-state index is 9.40. The van der Waals surface area contributed by atoms with Gasteiger partial charge in [-0.2, -0.15) is 5.26 Å². The molecule has 0 amide bonds. The van der Waals surface area contributed by atoms with Gasteiger partial charge in [0.2, 0.25) is 0 Å². The van der Waals surface area contributed by atoms with Crippen LogP contribution in [0.2, 0.25) is 0 Å². The molecule has 0 saturated carbocycles. The van der Waals surface area contributed by atoms with Crippen LogP contribution in [-0.2, 0) is 5.41 Å². The quantitative estimate of drug-likeness (QED) is 0.197. The first-order chi connectivity index (χ1) is 21.5. The Balaban J connectivity index is 1.37. The zero-order valence-corrected chi connectivity index (χ0v) is 24.5. The van der Waals surface area contributed by atoms with Gasteiger partial charge in [-0.05, 0) is 96.4 Å². The Kier molecular flexibility index (Phi) is 5.05. The maximum absolute atomic E-state index is 9.40. The Morgan fingerprint density at radius 2 is 1.09 bits per heavy atom. The number of hydrogen-bond acceptors (Lipinski definition) is 2. The third-order valence-corrected chi connectivity index (χ3v) is 9.70. The molecule has 7 aromatic carbocycles. The number of fused-ring (bicyclic) bond motifs is 9. The molecular formula is C42H27NO. The van der Waals surface area contributed by atoms with Gasteiger partial charge in [0, 0.05) is 16.2 Å². The van der Waals surface area contributed by atoms with E-state index < -0.39 is 0 Å². The summed E-state index contributed by atoms with van der Waals surface area (Å²) in [4.78, 5) is 0. The van der Waals surface area contributed by atoms with Gasteiger partial charge in [0.05, 0.1) is 11.6 Å². The lowest BCUT2D eigenvalue weighted by Gasteiger charge is -2.21. The van der Waals surface area contributed by atoms with E-state index in [1.165, 1.54) is 65.9 Å². The molecule has 0 N–H and O–H groups in total. The van der Waals surface area contributed by atoms with Crippen LogP contribution in [0.4, 0.5) is 0 Å². The summed E-state index contributed by atoms with van der Waals surface area (Å²) >= 11 is 0. The van der Waals surface area contributed by atoms with Crippen molar-refractivity contribution in [3.05, 3.63) is 144 Å². The summed E-state index contributed by atoms with van der Waals surface area (Å²) < 4.78 is 6.50. The third-order valence-electron chi connectivity index (χ3n) is 9.70. The van der Waals surface area contributed by atoms with Gasteiger partial charge in [-0.25, -0.2) is 0 Å². The zero-order valence-electron chi connectivity index (χ0n) is 24.5. The molecule has 1 aliphatic carbocycles. The molecule has 0 radical (unpaired) electrons. The minimum absolute atomic E-state index is 0.0744. The molecule has 1 heterocycles. The highest BCUT2D eigenvalue weighted by Gasteiger charge is 2.37. The standard InChI is InChI=1S/C42H27NO/c1-42(2)34-14-8-7-13-32(34)40-35(42)20-22-37-41(40)33-23-27(19-21-36(33)44-37)39-30-11-5-3-9-28(30)38(29-10-4-6-12-31(29)39)26-17-15-25(24-43)16-18-26/h3-23H,1-2H3. The van der Waals surface area contributed by atoms with Crippen LogP contribution >= 0.6 is 0 Å². The molecule has 1 aliphatic rings. The lowest BCUT2D eigenvalue weighted by Crippen LogP contribution is -2.14. The molecular weight excluding hydrogens is 534 g/mol. The average Bonchev–Trinajstić information content (AvgIpc) is 3.55. The molecule has 0 aliphatic heterocycles. The number of nitriles is 1. The fraction of sp³-hybridized carbons (Fsp3) is 0.0714. The van der Waals surface area contributed by atoms with Gasteiger partial charge in [0.25, 0.3) is 0 Å². The van der Waals surface area contributed by atoms with Gasteiger partial charge < -0.3 is 4.42 Å². The Labute approximate surface area is 255 Å². The van der Waals surface area contributed by atoms with Gasteiger partial charge in [0.15, 0.2) is 0 Å². The van der Waals surface area contributed by atoms with Crippen LogP contribution in [0.15, 0.2) is 132 Å². The highest BCUT2D eigenvalue weighted by atomic mass is 16.3. The molecule has 0 fully saturated rings. The average molecular weight is 562 g/mol. The van der Waals surface area contributed by atoms with Gasteiger partial charge >= 0.3 is 0 Å². The van der Waals surface area contributed by atoms with Gasteiger partial charge in [-0.3, -0.25) is 0 Å². The number of rotatable bonds is 2. The van der Waals surface area contributed by atoms with Gasteiger partial charge in [-0.15, -0.1) is 0 Å². The lowest BCUT2D eigenvalue weighted by atomic mass is 9.82. The van der Waals surface area contributed by atoms with Crippen molar-refractivity contribution in [3.8, 4) is 39.4 Å². The maximum Gasteiger partial charge on any atom is 0.136 e. The molecule has 44 heavy (non-hydrogen) atoms. The predicted molar refractivity (Wildman–Crippen MR) is 182 cm³/mol. The normalized spacial score (nSPS) is 13.4. The molecule has 0 saturated heterocycles. The van der Waals surface area contributed by atoms with Crippen molar-refractivity contribution in [2.24, 2.45) is 0 Å². The Morgan fingerprint density at radius 1 is 0.523 bits per heavy atom. The number of benzene rings is 7. The lowest BCUT2D eigenvalue weighted by molar-refractivity contribution is 0.656. The minimum atomic E-state index is -0.0744. The summed E-state index contributed by atoms with van der Waals surface area (Å²) in [5.74, 6) is 0. The van der Waals surface area contributed by atoms with Gasteiger partial charge in [-0.1, -0.05) is 111 Å². The van der Waals surface area contributed by atoms with Crippen molar-refractivity contribution in [2.45, 2.75) is 19.3 Å². The molecule has 1 aromatic heterocycles. The van der Waals surface area contributed by atoms with Crippen LogP contribution in [0.3, 0.4) is 0 Å². The van der Waals surface area contributed by atoms with Crippen molar-refractivity contribution in [1.29, 1.82) is 5.26 Å². The number of hydrogen-bond donors (Lipinski definition) is 0. The fourth-order valence-corrected chi connectivity index (χ4v) is 7.68. The van der Waals surface area contributed by atoms with Crippen molar-refractivity contribution in [1.82, 2.24) is 0 Å². The van der Waals surface area contributed by atoms with Crippen molar-refractivity contribution in [2.75, 3.05) is 0 Å². The summed E-state index contributed by atoms with van der Waals surface area (Å²) in [5.41, 5.74) is 12.4. The van der Waals surface area contributed by atoms with Crippen LogP contribution in [-0.4, -0.2) is 0 Å². The summed E-state index contributed by atoms with van der Waals surface area (Å²) in [6.07, 6.45) is 0. The zero-order chi connectivity index (χ0) is 29.6. The second kappa shape index (κ2) is 8.93. The molecule has 0 unspecified atom stereocenters. The van der Waals surface area contributed by atoms with E-state index in [-0.39, 0.29) is 5.41 Å². The summed E-state index contributed by atoms with van der Waals surface area (Å²) in [5, 5.41) is 16.5. The SMILES string of the molecule is CC1(C)c2ccccc2-c2c1ccc1oc3ccc(-c4c5ccccc5c(-c5ccc(C#N)cc5)c5ccccc45)cc3c21. The van der Waals surface area contributed by atoms with E-state index in [1.54, 1.807) is 0 Å². The topological polar surface area (TPSA) is 36.9 Å². The van der Waals surface area contributed by atoms with Crippen LogP contribution < -0.4 is 0 Å². The Hall–Kier alpha value is -5.65. The molecule has 2 nitrogen and oxygen atoms in total. The first kappa shape index (κ1) is 24.9. The smallest absolute Gasteiger partial charge is 0.136 e. The molecule has 9 rings (SSSR count). The van der Waals surface area contributed by atoms with E-state index in [1.807, 2.05) is 12.1 Å². The van der Waals surface area contributed by atoms with Crippen molar-refractivity contribution < 1.29 is 4.42 Å². The molecule has 8 aromatic rings. The minimum Gasteiger partial charge on any atom is -0.456 e. The van der Waals surface area contributed by atoms with E-state index in [2.05, 4.69) is 135 Å². The highest BCUT2D eigenvalue weighted by Crippen LogP contribution is 2.53. The molecule has 2 heteroatoms. The monoisotopic (exact) mass is 561 g/mol. The molecule has 0 atom stereocenters. The van der Waals surface area contributed by atoms with Crippen LogP contribution in [0.1, 0.15) is 30.5 Å². The van der Waals surface area contributed by atoms with Crippen LogP contribution in [0.5, 0.6) is 0 Å². The third kappa shape index (κ3) is 3.30. The Bertz CT molecular complexity index is 2470. The first-order valence-electron chi connectivity index (χ1n) is 15.1. The second-order valence-corrected chi connectivity index (χ2v) is 12.4. The number of furan rings is 1. The summed E-state index contributed by atoms with van der Waals surface area (Å²) in [7, 11) is 0. The Morgan fingerprint density at radius 3 is 1.75 bits per heavy atom. The second-order valence-electron chi connectivity index (χ2n) is 12.4. The molecule has 0 spiro atoms. The summed E-state index contributed by atoms with van der Waals surface area (Å²) in [6, 6.07) is 47.5. The van der Waals surface area contributed by atoms with Crippen molar-refractivity contribution in [3.63, 3.8) is 0 Å². The van der Waals surface area contributed by atoms with E-state index in [0.717, 1.165) is 22.1 Å². The van der Waals surface area contributed by atoms with E-state index in [4.69, 9.17) is 4.42 Å². The van der Waals surface area contributed by atoms with E-state index in [9.17, 15) is 5.26 Å². The predicted octanol–water partition coefficient (Wildman–Crippen LogP) is 11.4. The van der Waals surface area contributed by atoms with Crippen LogP contribution in [0.25, 0.3) is 76.9 Å². The van der Waals surface area contributed by atoms with Crippen LogP contribution in [0, 0.1) is 11.3 Å². The highest BCUT2D eigenvalue weighted by molar-refractivity contribution is 6.23. The molecule has 206 valence electrons. The number of nitrogens with zero attached hydrogens (tertiary/aromatic N) is 1. The van der Waals surface area contributed by atoms with E-state index in [0.29, 0.717) is 5.56 Å². The van der Waals surface area contributed by atoms with Gasteiger partial charge in [0.1, 0.15) is 11.2 Å². The van der Waals surface area contributed by atoms with E-state index >= 15 is 0 Å². The largest absolute Gasteiger partial charge is 0.456 e. The van der Waals surface area contributed by atoms with Crippen molar-refractivity contribution >= 4 is 43.5 Å².